The van der Waals surface area contributed by atoms with Crippen LogP contribution in [0, 0.1) is 0 Å². The molecule has 0 atom stereocenters. The summed E-state index contributed by atoms with van der Waals surface area (Å²) in [6, 6.07) is 7.94. The molecule has 0 aliphatic heterocycles. The molecule has 1 aromatic rings. The summed E-state index contributed by atoms with van der Waals surface area (Å²) in [5, 5.41) is 0. The molecule has 10 heteroatoms. The van der Waals surface area contributed by atoms with Crippen LogP contribution in [0.3, 0.4) is 0 Å². The van der Waals surface area contributed by atoms with Gasteiger partial charge >= 0.3 is 5.97 Å². The monoisotopic (exact) mass is 434 g/mol. The van der Waals surface area contributed by atoms with Crippen molar-refractivity contribution >= 4 is 16.1 Å². The van der Waals surface area contributed by atoms with Crippen molar-refractivity contribution in [2.75, 3.05) is 66.1 Å². The highest BCUT2D eigenvalue weighted by Gasteiger charge is 2.13. The Morgan fingerprint density at radius 3 is 1.76 bits per heavy atom. The number of carbonyl (C=O) groups excluding carboxylic acids is 1. The first-order valence-corrected chi connectivity index (χ1v) is 10.9. The Kier molecular flexibility index (Phi) is 14.3. The van der Waals surface area contributed by atoms with Gasteiger partial charge in [-0.05, 0) is 19.1 Å². The quantitative estimate of drug-likeness (QED) is 0.193. The molecule has 0 N–H and O–H groups in total. The van der Waals surface area contributed by atoms with Crippen LogP contribution in [0.5, 0.6) is 0 Å². The number of hydrogen-bond donors (Lipinski definition) is 0. The molecule has 29 heavy (non-hydrogen) atoms. The number of esters is 1. The number of hydrogen-bond acceptors (Lipinski definition) is 9. The summed E-state index contributed by atoms with van der Waals surface area (Å²) in [7, 11) is -3.74. The van der Waals surface area contributed by atoms with Crippen molar-refractivity contribution in [3.63, 3.8) is 0 Å². The molecule has 0 fully saturated rings. The van der Waals surface area contributed by atoms with E-state index >= 15 is 0 Å². The van der Waals surface area contributed by atoms with Gasteiger partial charge in [-0.2, -0.15) is 8.42 Å². The molecule has 0 radical (unpaired) electrons. The summed E-state index contributed by atoms with van der Waals surface area (Å²) in [5.41, 5.74) is 0. The fourth-order valence-electron chi connectivity index (χ4n) is 2.01. The minimum Gasteiger partial charge on any atom is -0.466 e. The molecule has 1 rings (SSSR count). The Hall–Kier alpha value is -1.56. The SMILES string of the molecule is CCOC(=O)CCOCCOCCOCCOCCOS(=O)(=O)c1ccccc1. The van der Waals surface area contributed by atoms with Gasteiger partial charge in [0.25, 0.3) is 10.1 Å². The fraction of sp³-hybridized carbons (Fsp3) is 0.632. The van der Waals surface area contributed by atoms with Crippen LogP contribution in [-0.4, -0.2) is 80.5 Å². The van der Waals surface area contributed by atoms with Crippen molar-refractivity contribution in [1.82, 2.24) is 0 Å². The lowest BCUT2D eigenvalue weighted by atomic mass is 10.4. The maximum atomic E-state index is 11.9. The first kappa shape index (κ1) is 25.5. The molecule has 0 saturated carbocycles. The number of rotatable bonds is 18. The van der Waals surface area contributed by atoms with E-state index in [9.17, 15) is 13.2 Å². The lowest BCUT2D eigenvalue weighted by Crippen LogP contribution is -2.15. The van der Waals surface area contributed by atoms with Crippen LogP contribution >= 0.6 is 0 Å². The molecule has 9 nitrogen and oxygen atoms in total. The van der Waals surface area contributed by atoms with Crippen LogP contribution in [0.4, 0.5) is 0 Å². The van der Waals surface area contributed by atoms with Crippen LogP contribution in [0.25, 0.3) is 0 Å². The van der Waals surface area contributed by atoms with Crippen molar-refractivity contribution in [2.24, 2.45) is 0 Å². The first-order chi connectivity index (χ1) is 14.1. The summed E-state index contributed by atoms with van der Waals surface area (Å²) in [6.45, 7) is 4.86. The molecule has 0 spiro atoms. The molecule has 1 aromatic carbocycles. The van der Waals surface area contributed by atoms with Crippen LogP contribution < -0.4 is 0 Å². The minimum absolute atomic E-state index is 0.0590. The van der Waals surface area contributed by atoms with Gasteiger partial charge in [0.1, 0.15) is 0 Å². The standard InChI is InChI=1S/C19H30O9S/c1-2-27-19(20)8-9-23-10-11-24-12-13-25-14-15-26-16-17-28-29(21,22)18-6-4-3-5-7-18/h3-7H,2,8-17H2,1H3. The highest BCUT2D eigenvalue weighted by molar-refractivity contribution is 7.86. The maximum absolute atomic E-state index is 11.9. The largest absolute Gasteiger partial charge is 0.466 e. The summed E-state index contributed by atoms with van der Waals surface area (Å²) < 4.78 is 54.5. The van der Waals surface area contributed by atoms with Gasteiger partial charge in [0, 0.05) is 0 Å². The molecular formula is C19H30O9S. The van der Waals surface area contributed by atoms with E-state index < -0.39 is 10.1 Å². The minimum atomic E-state index is -3.74. The lowest BCUT2D eigenvalue weighted by molar-refractivity contribution is -0.144. The number of ether oxygens (including phenoxy) is 5. The van der Waals surface area contributed by atoms with Crippen molar-refractivity contribution in [1.29, 1.82) is 0 Å². The smallest absolute Gasteiger partial charge is 0.308 e. The van der Waals surface area contributed by atoms with E-state index in [4.69, 9.17) is 27.9 Å². The van der Waals surface area contributed by atoms with Crippen molar-refractivity contribution in [3.05, 3.63) is 30.3 Å². The van der Waals surface area contributed by atoms with Crippen LogP contribution in [0.1, 0.15) is 13.3 Å². The zero-order valence-corrected chi connectivity index (χ0v) is 17.6. The van der Waals surface area contributed by atoms with Crippen molar-refractivity contribution in [3.8, 4) is 0 Å². The Labute approximate surface area is 172 Å². The summed E-state index contributed by atoms with van der Waals surface area (Å²) in [5.74, 6) is -0.270. The Bertz CT molecular complexity index is 634. The summed E-state index contributed by atoms with van der Waals surface area (Å²) in [4.78, 5) is 11.2. The second-order valence-electron chi connectivity index (χ2n) is 5.59. The molecule has 0 saturated heterocycles. The van der Waals surface area contributed by atoms with Gasteiger partial charge in [-0.3, -0.25) is 8.98 Å². The third kappa shape index (κ3) is 13.3. The predicted molar refractivity (Wildman–Crippen MR) is 104 cm³/mol. The van der Waals surface area contributed by atoms with Crippen molar-refractivity contribution < 1.29 is 41.1 Å². The van der Waals surface area contributed by atoms with Gasteiger partial charge in [-0.25, -0.2) is 0 Å². The molecule has 0 bridgehead atoms. The first-order valence-electron chi connectivity index (χ1n) is 9.47. The molecule has 0 aliphatic rings. The van der Waals surface area contributed by atoms with Crippen LogP contribution in [-0.2, 0) is 42.8 Å². The predicted octanol–water partition coefficient (Wildman–Crippen LogP) is 1.41. The molecule has 166 valence electrons. The van der Waals surface area contributed by atoms with E-state index in [2.05, 4.69) is 0 Å². The summed E-state index contributed by atoms with van der Waals surface area (Å²) in [6.07, 6.45) is 0.236. The molecule has 0 aliphatic carbocycles. The van der Waals surface area contributed by atoms with Gasteiger partial charge in [0.05, 0.1) is 77.4 Å². The van der Waals surface area contributed by atoms with E-state index in [-0.39, 0.29) is 30.5 Å². The average molecular weight is 435 g/mol. The topological polar surface area (TPSA) is 107 Å². The van der Waals surface area contributed by atoms with Crippen molar-refractivity contribution in [2.45, 2.75) is 18.2 Å². The third-order valence-electron chi connectivity index (χ3n) is 3.37. The zero-order chi connectivity index (χ0) is 21.2. The van der Waals surface area contributed by atoms with Gasteiger partial charge in [0.15, 0.2) is 0 Å². The Balaban J connectivity index is 1.84. The molecular weight excluding hydrogens is 404 g/mol. The fourth-order valence-corrected chi connectivity index (χ4v) is 2.92. The molecule has 0 aromatic heterocycles. The average Bonchev–Trinajstić information content (AvgIpc) is 2.71. The van der Waals surface area contributed by atoms with Gasteiger partial charge in [-0.15, -0.1) is 0 Å². The van der Waals surface area contributed by atoms with Gasteiger partial charge < -0.3 is 23.7 Å². The molecule has 0 unspecified atom stereocenters. The van der Waals surface area contributed by atoms with Gasteiger partial charge in [-0.1, -0.05) is 18.2 Å². The van der Waals surface area contributed by atoms with E-state index in [0.717, 1.165) is 0 Å². The second kappa shape index (κ2) is 16.3. The lowest BCUT2D eigenvalue weighted by Gasteiger charge is -2.08. The van der Waals surface area contributed by atoms with Gasteiger partial charge in [0.2, 0.25) is 0 Å². The molecule has 0 amide bonds. The highest BCUT2D eigenvalue weighted by Crippen LogP contribution is 2.10. The Morgan fingerprint density at radius 2 is 1.24 bits per heavy atom. The summed E-state index contributed by atoms with van der Waals surface area (Å²) >= 11 is 0. The molecule has 0 heterocycles. The highest BCUT2D eigenvalue weighted by atomic mass is 32.2. The van der Waals surface area contributed by atoms with E-state index in [1.165, 1.54) is 12.1 Å². The van der Waals surface area contributed by atoms with Crippen LogP contribution in [0.2, 0.25) is 0 Å². The number of benzene rings is 1. The second-order valence-corrected chi connectivity index (χ2v) is 7.21. The Morgan fingerprint density at radius 1 is 0.759 bits per heavy atom. The van der Waals surface area contributed by atoms with E-state index in [0.29, 0.717) is 52.9 Å². The van der Waals surface area contributed by atoms with E-state index in [1.807, 2.05) is 0 Å². The van der Waals surface area contributed by atoms with Crippen LogP contribution in [0.15, 0.2) is 35.2 Å². The zero-order valence-electron chi connectivity index (χ0n) is 16.7. The maximum Gasteiger partial charge on any atom is 0.308 e. The third-order valence-corrected chi connectivity index (χ3v) is 4.70. The normalized spacial score (nSPS) is 11.5. The number of carbonyl (C=O) groups is 1. The van der Waals surface area contributed by atoms with E-state index in [1.54, 1.807) is 25.1 Å².